The van der Waals surface area contributed by atoms with Gasteiger partial charge in [0.2, 0.25) is 0 Å². The van der Waals surface area contributed by atoms with Crippen LogP contribution in [0.1, 0.15) is 26.3 Å². The van der Waals surface area contributed by atoms with E-state index in [1.54, 1.807) is 72.8 Å². The molecule has 0 N–H and O–H groups in total. The van der Waals surface area contributed by atoms with Crippen molar-refractivity contribution in [3.8, 4) is 5.75 Å². The molecule has 0 fully saturated rings. The Hall–Kier alpha value is -3.20. The van der Waals surface area contributed by atoms with E-state index in [4.69, 9.17) is 4.74 Å². The topological polar surface area (TPSA) is 43.4 Å². The molecule has 0 radical (unpaired) electrons. The van der Waals surface area contributed by atoms with Crippen LogP contribution >= 0.6 is 0 Å². The van der Waals surface area contributed by atoms with Crippen molar-refractivity contribution in [1.82, 2.24) is 0 Å². The summed E-state index contributed by atoms with van der Waals surface area (Å²) in [7, 11) is 0. The van der Waals surface area contributed by atoms with Gasteiger partial charge in [-0.3, -0.25) is 4.79 Å². The van der Waals surface area contributed by atoms with E-state index in [-0.39, 0.29) is 11.3 Å². The molecule has 23 heavy (non-hydrogen) atoms. The van der Waals surface area contributed by atoms with Crippen molar-refractivity contribution < 1.29 is 14.3 Å². The first-order valence-corrected chi connectivity index (χ1v) is 7.22. The SMILES string of the molecule is O=C(Oc1ccccc1)c1ccccc1C(=O)c1ccccc1. The van der Waals surface area contributed by atoms with Crippen LogP contribution < -0.4 is 4.74 Å². The van der Waals surface area contributed by atoms with Crippen LogP contribution in [-0.2, 0) is 0 Å². The highest BCUT2D eigenvalue weighted by Crippen LogP contribution is 2.18. The highest BCUT2D eigenvalue weighted by atomic mass is 16.5. The predicted molar refractivity (Wildman–Crippen MR) is 87.7 cm³/mol. The third kappa shape index (κ3) is 3.35. The normalized spacial score (nSPS) is 10.1. The van der Waals surface area contributed by atoms with Crippen molar-refractivity contribution in [2.24, 2.45) is 0 Å². The Labute approximate surface area is 134 Å². The lowest BCUT2D eigenvalue weighted by Gasteiger charge is -2.09. The van der Waals surface area contributed by atoms with E-state index in [9.17, 15) is 9.59 Å². The molecule has 0 unspecified atom stereocenters. The van der Waals surface area contributed by atoms with Crippen LogP contribution in [0.3, 0.4) is 0 Å². The third-order valence-corrected chi connectivity index (χ3v) is 3.38. The highest BCUT2D eigenvalue weighted by molar-refractivity contribution is 6.14. The second-order valence-electron chi connectivity index (χ2n) is 4.94. The van der Waals surface area contributed by atoms with E-state index in [0.717, 1.165) is 0 Å². The quantitative estimate of drug-likeness (QED) is 0.413. The summed E-state index contributed by atoms with van der Waals surface area (Å²) in [6.45, 7) is 0. The summed E-state index contributed by atoms with van der Waals surface area (Å²) in [6.07, 6.45) is 0. The molecule has 112 valence electrons. The van der Waals surface area contributed by atoms with Crippen LogP contribution in [0.25, 0.3) is 0 Å². The van der Waals surface area contributed by atoms with Gasteiger partial charge in [-0.2, -0.15) is 0 Å². The fourth-order valence-electron chi connectivity index (χ4n) is 2.25. The largest absolute Gasteiger partial charge is 0.423 e. The van der Waals surface area contributed by atoms with E-state index < -0.39 is 5.97 Å². The Morgan fingerprint density at radius 3 is 1.78 bits per heavy atom. The molecular formula is C20H14O3. The highest BCUT2D eigenvalue weighted by Gasteiger charge is 2.19. The van der Waals surface area contributed by atoms with E-state index >= 15 is 0 Å². The van der Waals surface area contributed by atoms with Crippen LogP contribution in [-0.4, -0.2) is 11.8 Å². The summed E-state index contributed by atoms with van der Waals surface area (Å²) < 4.78 is 5.34. The monoisotopic (exact) mass is 302 g/mol. The third-order valence-electron chi connectivity index (χ3n) is 3.38. The van der Waals surface area contributed by atoms with Gasteiger partial charge in [0, 0.05) is 11.1 Å². The van der Waals surface area contributed by atoms with Crippen molar-refractivity contribution in [2.45, 2.75) is 0 Å². The number of para-hydroxylation sites is 1. The molecule has 0 bridgehead atoms. The Kier molecular flexibility index (Phi) is 4.29. The summed E-state index contributed by atoms with van der Waals surface area (Å²) in [4.78, 5) is 25.0. The summed E-state index contributed by atoms with van der Waals surface area (Å²) in [5, 5.41) is 0. The molecule has 3 rings (SSSR count). The van der Waals surface area contributed by atoms with Crippen molar-refractivity contribution in [1.29, 1.82) is 0 Å². The lowest BCUT2D eigenvalue weighted by atomic mass is 9.98. The molecule has 3 aromatic carbocycles. The fraction of sp³-hybridized carbons (Fsp3) is 0. The molecule has 0 atom stereocenters. The lowest BCUT2D eigenvalue weighted by Crippen LogP contribution is -2.14. The van der Waals surface area contributed by atoms with Crippen molar-refractivity contribution in [3.05, 3.63) is 102 Å². The Morgan fingerprint density at radius 2 is 1.13 bits per heavy atom. The van der Waals surface area contributed by atoms with Gasteiger partial charge in [-0.25, -0.2) is 4.79 Å². The van der Waals surface area contributed by atoms with E-state index in [2.05, 4.69) is 0 Å². The Balaban J connectivity index is 1.92. The molecule has 3 heteroatoms. The van der Waals surface area contributed by atoms with Gasteiger partial charge in [-0.1, -0.05) is 66.7 Å². The zero-order valence-corrected chi connectivity index (χ0v) is 12.3. The van der Waals surface area contributed by atoms with E-state index in [1.165, 1.54) is 0 Å². The first-order valence-electron chi connectivity index (χ1n) is 7.22. The standard InChI is InChI=1S/C20H14O3/c21-19(15-9-3-1-4-10-15)17-13-7-8-14-18(17)20(22)23-16-11-5-2-6-12-16/h1-14H. The van der Waals surface area contributed by atoms with Crippen molar-refractivity contribution in [3.63, 3.8) is 0 Å². The van der Waals surface area contributed by atoms with Gasteiger partial charge in [-0.05, 0) is 18.2 Å². The van der Waals surface area contributed by atoms with Gasteiger partial charge in [0.05, 0.1) is 5.56 Å². The Morgan fingerprint density at radius 1 is 0.609 bits per heavy atom. The summed E-state index contributed by atoms with van der Waals surface area (Å²) >= 11 is 0. The van der Waals surface area contributed by atoms with Gasteiger partial charge < -0.3 is 4.74 Å². The minimum atomic E-state index is -0.545. The molecule has 0 aliphatic rings. The molecule has 0 heterocycles. The number of ketones is 1. The first kappa shape index (κ1) is 14.7. The molecule has 0 saturated heterocycles. The molecule has 3 nitrogen and oxygen atoms in total. The minimum Gasteiger partial charge on any atom is -0.423 e. The molecule has 0 aromatic heterocycles. The van der Waals surface area contributed by atoms with Crippen LogP contribution in [0, 0.1) is 0 Å². The van der Waals surface area contributed by atoms with Gasteiger partial charge >= 0.3 is 5.97 Å². The van der Waals surface area contributed by atoms with Crippen LogP contribution in [0.4, 0.5) is 0 Å². The second kappa shape index (κ2) is 6.71. The molecule has 0 aliphatic heterocycles. The number of esters is 1. The summed E-state index contributed by atoms with van der Waals surface area (Å²) in [5.74, 6) is -0.304. The zero-order valence-electron chi connectivity index (χ0n) is 12.3. The van der Waals surface area contributed by atoms with Crippen LogP contribution in [0.2, 0.25) is 0 Å². The van der Waals surface area contributed by atoms with Crippen molar-refractivity contribution >= 4 is 11.8 Å². The van der Waals surface area contributed by atoms with Crippen LogP contribution in [0.5, 0.6) is 5.75 Å². The van der Waals surface area contributed by atoms with Gasteiger partial charge in [0.25, 0.3) is 0 Å². The van der Waals surface area contributed by atoms with E-state index in [0.29, 0.717) is 16.9 Å². The lowest BCUT2D eigenvalue weighted by molar-refractivity contribution is 0.0730. The average Bonchev–Trinajstić information content (AvgIpc) is 2.62. The number of carbonyl (C=O) groups excluding carboxylic acids is 2. The maximum Gasteiger partial charge on any atom is 0.344 e. The average molecular weight is 302 g/mol. The summed E-state index contributed by atoms with van der Waals surface area (Å²) in [5.41, 5.74) is 1.12. The number of hydrogen-bond donors (Lipinski definition) is 0. The van der Waals surface area contributed by atoms with Gasteiger partial charge in [-0.15, -0.1) is 0 Å². The molecule has 0 saturated carbocycles. The minimum absolute atomic E-state index is 0.203. The van der Waals surface area contributed by atoms with Crippen LogP contribution in [0.15, 0.2) is 84.9 Å². The molecule has 0 amide bonds. The number of carbonyl (C=O) groups is 2. The predicted octanol–water partition coefficient (Wildman–Crippen LogP) is 4.14. The number of benzene rings is 3. The van der Waals surface area contributed by atoms with Gasteiger partial charge in [0.1, 0.15) is 5.75 Å². The fourth-order valence-corrected chi connectivity index (χ4v) is 2.25. The first-order chi connectivity index (χ1) is 11.3. The van der Waals surface area contributed by atoms with Crippen molar-refractivity contribution in [2.75, 3.05) is 0 Å². The number of ether oxygens (including phenoxy) is 1. The Bertz CT molecular complexity index is 824. The summed E-state index contributed by atoms with van der Waals surface area (Å²) in [6, 6.07) is 24.3. The molecular weight excluding hydrogens is 288 g/mol. The maximum atomic E-state index is 12.6. The smallest absolute Gasteiger partial charge is 0.344 e. The molecule has 0 spiro atoms. The van der Waals surface area contributed by atoms with Gasteiger partial charge in [0.15, 0.2) is 5.78 Å². The maximum absolute atomic E-state index is 12.6. The number of hydrogen-bond acceptors (Lipinski definition) is 3. The molecule has 0 aliphatic carbocycles. The molecule has 3 aromatic rings. The zero-order chi connectivity index (χ0) is 16.1. The van der Waals surface area contributed by atoms with E-state index in [1.807, 2.05) is 12.1 Å². The number of rotatable bonds is 4. The second-order valence-corrected chi connectivity index (χ2v) is 4.94.